The topological polar surface area (TPSA) is 44.1 Å². The molecule has 0 fully saturated rings. The van der Waals surface area contributed by atoms with Gasteiger partial charge < -0.3 is 10.5 Å². The first kappa shape index (κ1) is 16.7. The van der Waals surface area contributed by atoms with Crippen LogP contribution >= 0.6 is 0 Å². The van der Waals surface area contributed by atoms with Crippen molar-refractivity contribution in [1.82, 2.24) is 0 Å². The van der Waals surface area contributed by atoms with Crippen LogP contribution in [0.2, 0.25) is 0 Å². The van der Waals surface area contributed by atoms with Gasteiger partial charge in [0.05, 0.1) is 5.71 Å². The van der Waals surface area contributed by atoms with E-state index < -0.39 is 5.60 Å². The minimum Gasteiger partial charge on any atom is -0.377 e. The van der Waals surface area contributed by atoms with Crippen molar-refractivity contribution in [2.24, 2.45) is 10.8 Å². The van der Waals surface area contributed by atoms with Crippen molar-refractivity contribution in [3.8, 4) is 0 Å². The molecule has 1 aromatic rings. The zero-order chi connectivity index (χ0) is 16.8. The van der Waals surface area contributed by atoms with Crippen LogP contribution in [0.4, 0.5) is 0 Å². The van der Waals surface area contributed by atoms with Gasteiger partial charge in [0.2, 0.25) is 0 Å². The van der Waals surface area contributed by atoms with E-state index in [0.29, 0.717) is 5.71 Å². The van der Waals surface area contributed by atoms with E-state index >= 15 is 0 Å². The summed E-state index contributed by atoms with van der Waals surface area (Å²) < 4.78 is 0. The van der Waals surface area contributed by atoms with Crippen molar-refractivity contribution in [1.29, 1.82) is 5.41 Å². The molecule has 2 nitrogen and oxygen atoms in total. The van der Waals surface area contributed by atoms with E-state index in [2.05, 4.69) is 41.5 Å². The second-order valence-electron chi connectivity index (χ2n) is 8.18. The lowest BCUT2D eigenvalue weighted by atomic mass is 9.68. The maximum absolute atomic E-state index is 11.3. The van der Waals surface area contributed by atoms with Gasteiger partial charge in [-0.2, -0.15) is 0 Å². The predicted octanol–water partition coefficient (Wildman–Crippen LogP) is 4.85. The van der Waals surface area contributed by atoms with Gasteiger partial charge in [-0.3, -0.25) is 0 Å². The molecule has 0 aromatic heterocycles. The Morgan fingerprint density at radius 2 is 1.23 bits per heavy atom. The Morgan fingerprint density at radius 3 is 1.59 bits per heavy atom. The van der Waals surface area contributed by atoms with Gasteiger partial charge in [-0.15, -0.1) is 0 Å². The van der Waals surface area contributed by atoms with Crippen LogP contribution in [0.15, 0.2) is 53.6 Å². The Morgan fingerprint density at radius 1 is 0.818 bits per heavy atom. The molecule has 22 heavy (non-hydrogen) atoms. The number of aliphatic hydroxyl groups is 1. The summed E-state index contributed by atoms with van der Waals surface area (Å²) in [5.74, 6) is 0. The van der Waals surface area contributed by atoms with E-state index in [1.165, 1.54) is 0 Å². The van der Waals surface area contributed by atoms with Gasteiger partial charge >= 0.3 is 0 Å². The molecule has 1 aliphatic rings. The van der Waals surface area contributed by atoms with E-state index in [4.69, 9.17) is 5.41 Å². The first-order valence-corrected chi connectivity index (χ1v) is 7.79. The number of hydrogen-bond acceptors (Lipinski definition) is 2. The van der Waals surface area contributed by atoms with E-state index in [9.17, 15) is 5.11 Å². The molecular weight excluding hydrogens is 270 g/mol. The third kappa shape index (κ3) is 3.07. The Hall–Kier alpha value is -1.67. The second kappa shape index (κ2) is 5.20. The first-order valence-electron chi connectivity index (χ1n) is 7.79. The Balaban J connectivity index is 2.69. The number of hydrogen-bond donors (Lipinski definition) is 2. The molecular formula is C20H27NO. The molecule has 0 atom stereocenters. The molecule has 0 spiro atoms. The lowest BCUT2D eigenvalue weighted by Gasteiger charge is -2.38. The predicted molar refractivity (Wildman–Crippen MR) is 93.1 cm³/mol. The highest BCUT2D eigenvalue weighted by atomic mass is 16.3. The number of rotatable bonds is 1. The molecule has 0 amide bonds. The Kier molecular flexibility index (Phi) is 3.95. The van der Waals surface area contributed by atoms with Crippen molar-refractivity contribution in [2.75, 3.05) is 0 Å². The van der Waals surface area contributed by atoms with E-state index in [-0.39, 0.29) is 10.8 Å². The van der Waals surface area contributed by atoms with E-state index in [1.807, 2.05) is 42.5 Å². The lowest BCUT2D eigenvalue weighted by Crippen LogP contribution is -2.35. The van der Waals surface area contributed by atoms with Gasteiger partial charge in [-0.25, -0.2) is 0 Å². The van der Waals surface area contributed by atoms with Crippen LogP contribution in [-0.2, 0) is 5.60 Å². The molecule has 1 aromatic carbocycles. The van der Waals surface area contributed by atoms with Gasteiger partial charge in [0.15, 0.2) is 0 Å². The SMILES string of the molecule is CC(C)(C)C1=CC(O)(c2ccccc2)C=C(C(C)(C)C)C1=N. The number of benzene rings is 1. The Labute approximate surface area is 134 Å². The molecule has 1 aliphatic carbocycles. The largest absolute Gasteiger partial charge is 0.377 e. The van der Waals surface area contributed by atoms with Crippen LogP contribution in [-0.4, -0.2) is 10.8 Å². The van der Waals surface area contributed by atoms with Crippen molar-refractivity contribution in [2.45, 2.75) is 47.1 Å². The van der Waals surface area contributed by atoms with Crippen LogP contribution in [0.25, 0.3) is 0 Å². The number of allylic oxidation sites excluding steroid dienone is 2. The molecule has 2 N–H and O–H groups in total. The smallest absolute Gasteiger partial charge is 0.128 e. The Bertz CT molecular complexity index is 603. The number of nitrogens with one attached hydrogen (secondary N) is 1. The van der Waals surface area contributed by atoms with Crippen molar-refractivity contribution >= 4 is 5.71 Å². The molecule has 0 heterocycles. The van der Waals surface area contributed by atoms with Crippen molar-refractivity contribution in [3.05, 3.63) is 59.2 Å². The minimum atomic E-state index is -1.16. The molecule has 0 unspecified atom stereocenters. The van der Waals surface area contributed by atoms with Crippen LogP contribution in [0.1, 0.15) is 47.1 Å². The molecule has 118 valence electrons. The quantitative estimate of drug-likeness (QED) is 0.764. The molecule has 2 heteroatoms. The van der Waals surface area contributed by atoms with Gasteiger partial charge in [0.25, 0.3) is 0 Å². The third-order valence-electron chi connectivity index (χ3n) is 4.12. The summed E-state index contributed by atoms with van der Waals surface area (Å²) in [7, 11) is 0. The van der Waals surface area contributed by atoms with Crippen molar-refractivity contribution < 1.29 is 5.11 Å². The summed E-state index contributed by atoms with van der Waals surface area (Å²) in [6, 6.07) is 9.68. The van der Waals surface area contributed by atoms with E-state index in [0.717, 1.165) is 16.7 Å². The summed E-state index contributed by atoms with van der Waals surface area (Å²) >= 11 is 0. The molecule has 0 saturated carbocycles. The highest BCUT2D eigenvalue weighted by Gasteiger charge is 2.38. The average molecular weight is 297 g/mol. The maximum atomic E-state index is 11.3. The fourth-order valence-corrected chi connectivity index (χ4v) is 2.83. The normalized spacial score (nSPS) is 23.1. The zero-order valence-electron chi connectivity index (χ0n) is 14.5. The van der Waals surface area contributed by atoms with Crippen LogP contribution in [0, 0.1) is 16.2 Å². The summed E-state index contributed by atoms with van der Waals surface area (Å²) in [6.07, 6.45) is 3.69. The standard InChI is InChI=1S/C20H27NO/c1-18(2,3)15-12-20(22,14-10-8-7-9-11-14)13-16(17(15)21)19(4,5)6/h7-13,21-22H,1-6H3. The fraction of sp³-hybridized carbons (Fsp3) is 0.450. The second-order valence-corrected chi connectivity index (χ2v) is 8.18. The third-order valence-corrected chi connectivity index (χ3v) is 4.12. The molecule has 0 saturated heterocycles. The maximum Gasteiger partial charge on any atom is 0.128 e. The summed E-state index contributed by atoms with van der Waals surface area (Å²) in [5, 5.41) is 19.9. The van der Waals surface area contributed by atoms with Gasteiger partial charge in [0.1, 0.15) is 5.60 Å². The van der Waals surface area contributed by atoms with Gasteiger partial charge in [-0.1, -0.05) is 71.9 Å². The molecule has 0 radical (unpaired) electrons. The van der Waals surface area contributed by atoms with Gasteiger partial charge in [0, 0.05) is 0 Å². The summed E-state index contributed by atoms with van der Waals surface area (Å²) in [6.45, 7) is 12.5. The average Bonchev–Trinajstić information content (AvgIpc) is 2.40. The highest BCUT2D eigenvalue weighted by Crippen LogP contribution is 2.43. The summed E-state index contributed by atoms with van der Waals surface area (Å²) in [4.78, 5) is 0. The summed E-state index contributed by atoms with van der Waals surface area (Å²) in [5.41, 5.74) is 1.64. The zero-order valence-corrected chi connectivity index (χ0v) is 14.5. The monoisotopic (exact) mass is 297 g/mol. The van der Waals surface area contributed by atoms with E-state index in [1.54, 1.807) is 0 Å². The van der Waals surface area contributed by atoms with Crippen LogP contribution in [0.3, 0.4) is 0 Å². The molecule has 0 aliphatic heterocycles. The molecule has 2 rings (SSSR count). The lowest BCUT2D eigenvalue weighted by molar-refractivity contribution is 0.138. The van der Waals surface area contributed by atoms with Crippen LogP contribution in [0.5, 0.6) is 0 Å². The van der Waals surface area contributed by atoms with Crippen molar-refractivity contribution in [3.63, 3.8) is 0 Å². The van der Waals surface area contributed by atoms with Crippen LogP contribution < -0.4 is 0 Å². The molecule has 0 bridgehead atoms. The van der Waals surface area contributed by atoms with Gasteiger partial charge in [-0.05, 0) is 39.7 Å². The first-order chi connectivity index (χ1) is 9.95. The fourth-order valence-electron chi connectivity index (χ4n) is 2.83. The minimum absolute atomic E-state index is 0.190. The highest BCUT2D eigenvalue weighted by molar-refractivity contribution is 6.13.